The van der Waals surface area contributed by atoms with Crippen LogP contribution in [0.3, 0.4) is 0 Å². The van der Waals surface area contributed by atoms with Gasteiger partial charge in [0.2, 0.25) is 0 Å². The molecule has 5 heterocycles. The molecule has 2 atom stereocenters. The zero-order valence-corrected chi connectivity index (χ0v) is 23.4. The molecule has 1 aromatic carbocycles. The Bertz CT molecular complexity index is 1590. The third-order valence-electron chi connectivity index (χ3n) is 7.18. The lowest BCUT2D eigenvalue weighted by Gasteiger charge is -2.34. The standard InChI is InChI=1S/C27H31N5O4S2/c1-17-14-21(32(29-17)24-10-6-7-12-36-24)25-26-27(37-30-25)20(19-8-4-5-9-22(19)38(3,33)34)15-23(28-26)31-11-13-35-16-18(31)2/h4-5,8-9,14-15,18,24H,6-7,10-13,16H2,1-3H3. The predicted molar refractivity (Wildman–Crippen MR) is 148 cm³/mol. The number of ether oxygens (including phenoxy) is 2. The fraction of sp³-hybridized carbons (Fsp3) is 0.444. The number of hydrogen-bond donors (Lipinski definition) is 0. The van der Waals surface area contributed by atoms with E-state index in [-0.39, 0.29) is 12.3 Å². The second-order valence-corrected chi connectivity index (χ2v) is 12.8. The highest BCUT2D eigenvalue weighted by Gasteiger charge is 2.28. The first-order valence-electron chi connectivity index (χ1n) is 12.9. The summed E-state index contributed by atoms with van der Waals surface area (Å²) in [6.07, 6.45) is 4.14. The van der Waals surface area contributed by atoms with Crippen LogP contribution >= 0.6 is 11.5 Å². The van der Waals surface area contributed by atoms with E-state index in [0.717, 1.165) is 57.9 Å². The van der Waals surface area contributed by atoms with Gasteiger partial charge in [-0.15, -0.1) is 0 Å². The highest BCUT2D eigenvalue weighted by molar-refractivity contribution is 7.90. The van der Waals surface area contributed by atoms with Crippen LogP contribution in [0.5, 0.6) is 0 Å². The summed E-state index contributed by atoms with van der Waals surface area (Å²) in [5, 5.41) is 4.77. The molecule has 38 heavy (non-hydrogen) atoms. The van der Waals surface area contributed by atoms with Crippen molar-refractivity contribution < 1.29 is 17.9 Å². The molecule has 0 spiro atoms. The second kappa shape index (κ2) is 10.0. The molecule has 0 bridgehead atoms. The molecule has 9 nitrogen and oxygen atoms in total. The molecule has 200 valence electrons. The van der Waals surface area contributed by atoms with Crippen molar-refractivity contribution in [1.82, 2.24) is 19.1 Å². The van der Waals surface area contributed by atoms with Crippen LogP contribution in [-0.4, -0.2) is 66.2 Å². The van der Waals surface area contributed by atoms with E-state index in [9.17, 15) is 8.42 Å². The van der Waals surface area contributed by atoms with Gasteiger partial charge in [-0.1, -0.05) is 18.2 Å². The van der Waals surface area contributed by atoms with Crippen LogP contribution in [0.4, 0.5) is 5.82 Å². The van der Waals surface area contributed by atoms with E-state index in [1.54, 1.807) is 12.1 Å². The highest BCUT2D eigenvalue weighted by atomic mass is 32.2. The predicted octanol–water partition coefficient (Wildman–Crippen LogP) is 4.86. The number of hydrogen-bond acceptors (Lipinski definition) is 9. The van der Waals surface area contributed by atoms with Crippen molar-refractivity contribution >= 4 is 37.4 Å². The van der Waals surface area contributed by atoms with Gasteiger partial charge in [-0.25, -0.2) is 18.1 Å². The minimum atomic E-state index is -3.46. The quantitative estimate of drug-likeness (QED) is 0.346. The molecule has 0 aliphatic carbocycles. The summed E-state index contributed by atoms with van der Waals surface area (Å²) < 4.78 is 45.0. The van der Waals surface area contributed by atoms with E-state index in [1.165, 1.54) is 17.8 Å². The summed E-state index contributed by atoms with van der Waals surface area (Å²) >= 11 is 1.34. The molecule has 4 aromatic rings. The third-order valence-corrected chi connectivity index (χ3v) is 9.20. The van der Waals surface area contributed by atoms with Crippen LogP contribution in [-0.2, 0) is 19.3 Å². The van der Waals surface area contributed by atoms with Gasteiger partial charge in [-0.05, 0) is 62.8 Å². The van der Waals surface area contributed by atoms with Crippen molar-refractivity contribution in [3.63, 3.8) is 0 Å². The molecule has 2 aliphatic heterocycles. The van der Waals surface area contributed by atoms with Gasteiger partial charge in [0.05, 0.1) is 40.2 Å². The zero-order valence-electron chi connectivity index (χ0n) is 21.8. The van der Waals surface area contributed by atoms with Gasteiger partial charge in [0.15, 0.2) is 16.1 Å². The van der Waals surface area contributed by atoms with Gasteiger partial charge in [-0.3, -0.25) is 0 Å². The first-order valence-corrected chi connectivity index (χ1v) is 15.6. The van der Waals surface area contributed by atoms with Crippen molar-refractivity contribution in [1.29, 1.82) is 0 Å². The molecule has 2 fully saturated rings. The summed E-state index contributed by atoms with van der Waals surface area (Å²) in [5.74, 6) is 0.782. The molecular weight excluding hydrogens is 522 g/mol. The summed E-state index contributed by atoms with van der Waals surface area (Å²) in [5.41, 5.74) is 4.69. The van der Waals surface area contributed by atoms with Gasteiger partial charge in [-0.2, -0.15) is 9.47 Å². The Hall–Kier alpha value is -2.86. The molecule has 0 radical (unpaired) electrons. The van der Waals surface area contributed by atoms with E-state index in [4.69, 9.17) is 23.9 Å². The molecule has 2 unspecified atom stereocenters. The van der Waals surface area contributed by atoms with Gasteiger partial charge < -0.3 is 14.4 Å². The maximum atomic E-state index is 12.8. The Morgan fingerprint density at radius 2 is 1.95 bits per heavy atom. The summed E-state index contributed by atoms with van der Waals surface area (Å²) in [4.78, 5) is 7.66. The van der Waals surface area contributed by atoms with Crippen molar-refractivity contribution in [3.8, 4) is 22.5 Å². The molecular formula is C27H31N5O4S2. The summed E-state index contributed by atoms with van der Waals surface area (Å²) in [6.45, 7) is 6.71. The van der Waals surface area contributed by atoms with Crippen LogP contribution < -0.4 is 4.90 Å². The largest absolute Gasteiger partial charge is 0.377 e. The van der Waals surface area contributed by atoms with Crippen LogP contribution in [0.2, 0.25) is 0 Å². The Morgan fingerprint density at radius 1 is 1.11 bits per heavy atom. The maximum absolute atomic E-state index is 12.8. The second-order valence-electron chi connectivity index (χ2n) is 10.1. The normalized spacial score (nSPS) is 20.8. The Balaban J connectivity index is 1.60. The van der Waals surface area contributed by atoms with Crippen molar-refractivity contribution in [3.05, 3.63) is 42.1 Å². The number of benzene rings is 1. The summed E-state index contributed by atoms with van der Waals surface area (Å²) in [6, 6.07) is 11.3. The smallest absolute Gasteiger partial charge is 0.176 e. The van der Waals surface area contributed by atoms with Gasteiger partial charge in [0.1, 0.15) is 17.0 Å². The number of sulfone groups is 1. The SMILES string of the molecule is Cc1cc(-c2nsc3c(-c4ccccc4S(C)(=O)=O)cc(N4CCOCC4C)nc23)n(C2CCCCO2)n1. The van der Waals surface area contributed by atoms with Gasteiger partial charge >= 0.3 is 0 Å². The lowest BCUT2D eigenvalue weighted by Crippen LogP contribution is -2.44. The van der Waals surface area contributed by atoms with Crippen LogP contribution in [0.1, 0.15) is 38.1 Å². The lowest BCUT2D eigenvalue weighted by atomic mass is 10.0. The number of morpholine rings is 1. The fourth-order valence-electron chi connectivity index (χ4n) is 5.33. The molecule has 3 aromatic heterocycles. The molecule has 2 saturated heterocycles. The molecule has 11 heteroatoms. The first kappa shape index (κ1) is 25.4. The van der Waals surface area contributed by atoms with Crippen molar-refractivity contribution in [2.24, 2.45) is 0 Å². The number of nitrogens with zero attached hydrogens (tertiary/aromatic N) is 5. The van der Waals surface area contributed by atoms with Crippen molar-refractivity contribution in [2.45, 2.75) is 50.3 Å². The minimum Gasteiger partial charge on any atom is -0.377 e. The van der Waals surface area contributed by atoms with E-state index in [2.05, 4.69) is 11.8 Å². The van der Waals surface area contributed by atoms with E-state index in [1.807, 2.05) is 35.9 Å². The Morgan fingerprint density at radius 3 is 2.71 bits per heavy atom. The Kier molecular flexibility index (Phi) is 6.71. The fourth-order valence-corrected chi connectivity index (χ4v) is 7.09. The average Bonchev–Trinajstić information content (AvgIpc) is 3.51. The molecule has 0 amide bonds. The van der Waals surface area contributed by atoms with Gasteiger partial charge in [0.25, 0.3) is 0 Å². The van der Waals surface area contributed by atoms with Crippen LogP contribution in [0.25, 0.3) is 32.7 Å². The van der Waals surface area contributed by atoms with Gasteiger partial charge in [0, 0.05) is 30.5 Å². The topological polar surface area (TPSA) is 99.4 Å². The number of rotatable bonds is 5. The van der Waals surface area contributed by atoms with Crippen molar-refractivity contribution in [2.75, 3.05) is 37.5 Å². The highest BCUT2D eigenvalue weighted by Crippen LogP contribution is 2.42. The number of anilines is 1. The number of pyridine rings is 1. The molecule has 0 saturated carbocycles. The number of aromatic nitrogens is 4. The van der Waals surface area contributed by atoms with E-state index in [0.29, 0.717) is 36.8 Å². The number of aryl methyl sites for hydroxylation is 1. The number of fused-ring (bicyclic) bond motifs is 1. The monoisotopic (exact) mass is 553 g/mol. The van der Waals surface area contributed by atoms with E-state index >= 15 is 0 Å². The van der Waals surface area contributed by atoms with Crippen LogP contribution in [0, 0.1) is 6.92 Å². The van der Waals surface area contributed by atoms with Crippen LogP contribution in [0.15, 0.2) is 41.3 Å². The molecule has 0 N–H and O–H groups in total. The minimum absolute atomic E-state index is 0.130. The first-order chi connectivity index (χ1) is 18.3. The lowest BCUT2D eigenvalue weighted by molar-refractivity contribution is -0.0385. The third kappa shape index (κ3) is 4.61. The van der Waals surface area contributed by atoms with E-state index < -0.39 is 9.84 Å². The summed E-state index contributed by atoms with van der Waals surface area (Å²) in [7, 11) is -3.46. The average molecular weight is 554 g/mol. The maximum Gasteiger partial charge on any atom is 0.176 e. The molecule has 6 rings (SSSR count). The Labute approximate surface area is 226 Å². The zero-order chi connectivity index (χ0) is 26.4. The molecule has 2 aliphatic rings.